The standard InChI is InChI=1S/C10H8FNS/c1-7-9(11)12-10(13-7)8-5-3-2-4-6-8/h2-6H,1H3. The second-order valence-electron chi connectivity index (χ2n) is 2.73. The molecule has 1 aromatic carbocycles. The molecular formula is C10H8FNS. The first-order valence-corrected chi connectivity index (χ1v) is 4.77. The first-order chi connectivity index (χ1) is 6.27. The van der Waals surface area contributed by atoms with Gasteiger partial charge in [0.15, 0.2) is 0 Å². The van der Waals surface area contributed by atoms with Crippen molar-refractivity contribution in [3.63, 3.8) is 0 Å². The molecule has 0 bridgehead atoms. The van der Waals surface area contributed by atoms with Crippen LogP contribution in [0.4, 0.5) is 4.39 Å². The van der Waals surface area contributed by atoms with Crippen LogP contribution in [0.5, 0.6) is 0 Å². The molecule has 66 valence electrons. The van der Waals surface area contributed by atoms with Crippen LogP contribution in [-0.4, -0.2) is 4.98 Å². The van der Waals surface area contributed by atoms with Gasteiger partial charge in [0.1, 0.15) is 5.01 Å². The van der Waals surface area contributed by atoms with Crippen LogP contribution in [0.1, 0.15) is 4.88 Å². The highest BCUT2D eigenvalue weighted by Gasteiger charge is 2.07. The second kappa shape index (κ2) is 3.26. The van der Waals surface area contributed by atoms with Crippen molar-refractivity contribution in [2.24, 2.45) is 0 Å². The highest BCUT2D eigenvalue weighted by molar-refractivity contribution is 7.15. The van der Waals surface area contributed by atoms with Gasteiger partial charge in [-0.15, -0.1) is 11.3 Å². The van der Waals surface area contributed by atoms with Crippen LogP contribution in [0.25, 0.3) is 10.6 Å². The van der Waals surface area contributed by atoms with Crippen LogP contribution in [0.2, 0.25) is 0 Å². The third-order valence-electron chi connectivity index (χ3n) is 1.76. The van der Waals surface area contributed by atoms with E-state index in [1.54, 1.807) is 6.92 Å². The van der Waals surface area contributed by atoms with E-state index in [0.29, 0.717) is 4.88 Å². The predicted octanol–water partition coefficient (Wildman–Crippen LogP) is 3.26. The lowest BCUT2D eigenvalue weighted by Crippen LogP contribution is -1.76. The molecule has 0 unspecified atom stereocenters. The summed E-state index contributed by atoms with van der Waals surface area (Å²) >= 11 is 1.38. The Morgan fingerprint density at radius 2 is 1.92 bits per heavy atom. The van der Waals surface area contributed by atoms with Crippen LogP contribution in [0, 0.1) is 12.9 Å². The van der Waals surface area contributed by atoms with Gasteiger partial charge in [-0.3, -0.25) is 0 Å². The minimum atomic E-state index is -0.358. The summed E-state index contributed by atoms with van der Waals surface area (Å²) in [7, 11) is 0. The number of hydrogen-bond donors (Lipinski definition) is 0. The first kappa shape index (κ1) is 8.38. The summed E-state index contributed by atoms with van der Waals surface area (Å²) in [6, 6.07) is 9.63. The van der Waals surface area contributed by atoms with Gasteiger partial charge in [0.25, 0.3) is 0 Å². The van der Waals surface area contributed by atoms with Crippen LogP contribution in [0.3, 0.4) is 0 Å². The van der Waals surface area contributed by atoms with E-state index in [4.69, 9.17) is 0 Å². The van der Waals surface area contributed by atoms with Gasteiger partial charge in [-0.05, 0) is 6.92 Å². The summed E-state index contributed by atoms with van der Waals surface area (Å²) in [6.07, 6.45) is 0. The average Bonchev–Trinajstić information content (AvgIpc) is 2.49. The predicted molar refractivity (Wildman–Crippen MR) is 52.2 cm³/mol. The Kier molecular flexibility index (Phi) is 2.10. The van der Waals surface area contributed by atoms with E-state index in [-0.39, 0.29) is 5.95 Å². The Bertz CT molecular complexity index is 389. The van der Waals surface area contributed by atoms with Crippen molar-refractivity contribution in [2.75, 3.05) is 0 Å². The Hall–Kier alpha value is -1.22. The van der Waals surface area contributed by atoms with E-state index >= 15 is 0 Å². The number of aromatic nitrogens is 1. The number of thiazole rings is 1. The van der Waals surface area contributed by atoms with Crippen molar-refractivity contribution < 1.29 is 4.39 Å². The molecule has 1 heterocycles. The molecule has 3 heteroatoms. The van der Waals surface area contributed by atoms with Gasteiger partial charge in [-0.1, -0.05) is 30.3 Å². The monoisotopic (exact) mass is 193 g/mol. The molecule has 1 nitrogen and oxygen atoms in total. The third kappa shape index (κ3) is 1.60. The summed E-state index contributed by atoms with van der Waals surface area (Å²) in [5, 5.41) is 0.746. The van der Waals surface area contributed by atoms with Crippen molar-refractivity contribution >= 4 is 11.3 Å². The molecule has 0 aliphatic rings. The number of hydrogen-bond acceptors (Lipinski definition) is 2. The molecule has 1 aromatic heterocycles. The van der Waals surface area contributed by atoms with Crippen molar-refractivity contribution in [2.45, 2.75) is 6.92 Å². The molecule has 13 heavy (non-hydrogen) atoms. The molecule has 0 radical (unpaired) electrons. The fourth-order valence-electron chi connectivity index (χ4n) is 1.08. The van der Waals surface area contributed by atoms with Gasteiger partial charge in [-0.25, -0.2) is 4.98 Å². The zero-order valence-corrected chi connectivity index (χ0v) is 7.94. The van der Waals surface area contributed by atoms with Gasteiger partial charge < -0.3 is 0 Å². The van der Waals surface area contributed by atoms with Gasteiger partial charge in [-0.2, -0.15) is 4.39 Å². The van der Waals surface area contributed by atoms with Gasteiger partial charge in [0.05, 0.1) is 4.88 Å². The normalized spacial score (nSPS) is 10.3. The SMILES string of the molecule is Cc1sc(-c2ccccc2)nc1F. The second-order valence-corrected chi connectivity index (χ2v) is 3.94. The molecule has 0 amide bonds. The topological polar surface area (TPSA) is 12.9 Å². The highest BCUT2D eigenvalue weighted by Crippen LogP contribution is 2.26. The smallest absolute Gasteiger partial charge is 0.208 e. The van der Waals surface area contributed by atoms with Crippen molar-refractivity contribution in [3.8, 4) is 10.6 Å². The van der Waals surface area contributed by atoms with Gasteiger partial charge >= 0.3 is 0 Å². The van der Waals surface area contributed by atoms with E-state index in [9.17, 15) is 4.39 Å². The quantitative estimate of drug-likeness (QED) is 0.677. The summed E-state index contributed by atoms with van der Waals surface area (Å²) < 4.78 is 12.9. The molecule has 0 aliphatic heterocycles. The minimum absolute atomic E-state index is 0.358. The Balaban J connectivity index is 2.48. The zero-order valence-electron chi connectivity index (χ0n) is 7.12. The lowest BCUT2D eigenvalue weighted by Gasteiger charge is -1.91. The lowest BCUT2D eigenvalue weighted by atomic mass is 10.2. The number of rotatable bonds is 1. The van der Waals surface area contributed by atoms with Crippen LogP contribution < -0.4 is 0 Å². The summed E-state index contributed by atoms with van der Waals surface area (Å²) in [5.41, 5.74) is 0.972. The molecule has 2 rings (SSSR count). The summed E-state index contributed by atoms with van der Waals surface area (Å²) in [5.74, 6) is -0.358. The van der Waals surface area contributed by atoms with Crippen LogP contribution in [-0.2, 0) is 0 Å². The maximum Gasteiger partial charge on any atom is 0.227 e. The number of halogens is 1. The zero-order chi connectivity index (χ0) is 9.26. The number of benzene rings is 1. The Labute approximate surface area is 79.9 Å². The average molecular weight is 193 g/mol. The Morgan fingerprint density at radius 1 is 1.23 bits per heavy atom. The van der Waals surface area contributed by atoms with Crippen molar-refractivity contribution in [3.05, 3.63) is 41.2 Å². The third-order valence-corrected chi connectivity index (χ3v) is 2.76. The summed E-state index contributed by atoms with van der Waals surface area (Å²) in [4.78, 5) is 4.47. The number of nitrogens with zero attached hydrogens (tertiary/aromatic N) is 1. The highest BCUT2D eigenvalue weighted by atomic mass is 32.1. The summed E-state index contributed by atoms with van der Waals surface area (Å²) in [6.45, 7) is 1.74. The molecule has 0 aliphatic carbocycles. The maximum absolute atomic E-state index is 12.9. The molecular weight excluding hydrogens is 185 g/mol. The largest absolute Gasteiger partial charge is 0.227 e. The van der Waals surface area contributed by atoms with Gasteiger partial charge in [0.2, 0.25) is 5.95 Å². The Morgan fingerprint density at radius 3 is 2.46 bits per heavy atom. The molecule has 0 N–H and O–H groups in total. The lowest BCUT2D eigenvalue weighted by molar-refractivity contribution is 0.585. The molecule has 0 saturated carbocycles. The molecule has 0 atom stereocenters. The van der Waals surface area contributed by atoms with E-state index < -0.39 is 0 Å². The maximum atomic E-state index is 12.9. The van der Waals surface area contributed by atoms with E-state index in [2.05, 4.69) is 4.98 Å². The van der Waals surface area contributed by atoms with E-state index in [0.717, 1.165) is 10.6 Å². The van der Waals surface area contributed by atoms with Crippen LogP contribution >= 0.6 is 11.3 Å². The van der Waals surface area contributed by atoms with Crippen molar-refractivity contribution in [1.82, 2.24) is 4.98 Å². The van der Waals surface area contributed by atoms with E-state index in [1.807, 2.05) is 30.3 Å². The fraction of sp³-hybridized carbons (Fsp3) is 0.100. The van der Waals surface area contributed by atoms with E-state index in [1.165, 1.54) is 11.3 Å². The first-order valence-electron chi connectivity index (χ1n) is 3.96. The van der Waals surface area contributed by atoms with Crippen molar-refractivity contribution in [1.29, 1.82) is 0 Å². The number of aryl methyl sites for hydroxylation is 1. The molecule has 0 spiro atoms. The van der Waals surface area contributed by atoms with Crippen LogP contribution in [0.15, 0.2) is 30.3 Å². The minimum Gasteiger partial charge on any atom is -0.208 e. The molecule has 0 fully saturated rings. The molecule has 0 saturated heterocycles. The fourth-order valence-corrected chi connectivity index (χ4v) is 1.88. The van der Waals surface area contributed by atoms with Gasteiger partial charge in [0, 0.05) is 5.56 Å². The molecule has 2 aromatic rings.